The van der Waals surface area contributed by atoms with Gasteiger partial charge in [0, 0.05) is 15.3 Å². The molecule has 6 heavy (non-hydrogen) atoms. The molecule has 36 valence electrons. The molecule has 0 nitrogen and oxygen atoms in total. The molecular formula is C3H7S3+. The molecule has 0 spiro atoms. The van der Waals surface area contributed by atoms with Crippen LogP contribution >= 0.6 is 35.3 Å². The topological polar surface area (TPSA) is 0 Å². The molecule has 0 atom stereocenters. The highest BCUT2D eigenvalue weighted by Gasteiger charge is 1.96. The molecule has 1 heterocycles. The highest BCUT2D eigenvalue weighted by Crippen LogP contribution is 2.27. The van der Waals surface area contributed by atoms with E-state index in [2.05, 4.69) is 0 Å². The Morgan fingerprint density at radius 2 is 1.17 bits per heavy atom. The van der Waals surface area contributed by atoms with E-state index in [0.29, 0.717) is 0 Å². The Hall–Kier alpha value is 1.05. The second-order valence-corrected chi connectivity index (χ2v) is 5.02. The van der Waals surface area contributed by atoms with Crippen LogP contribution in [0.2, 0.25) is 0 Å². The number of hydrogen-bond acceptors (Lipinski definition) is 3. The van der Waals surface area contributed by atoms with Crippen molar-refractivity contribution in [2.24, 2.45) is 0 Å². The fourth-order valence-electron chi connectivity index (χ4n) is 0.279. The second-order valence-electron chi connectivity index (χ2n) is 0.966. The number of rotatable bonds is 0. The van der Waals surface area contributed by atoms with Gasteiger partial charge in [0.05, 0.1) is 0 Å². The van der Waals surface area contributed by atoms with E-state index in [1.54, 1.807) is 0 Å². The molecule has 1 rings (SSSR count). The van der Waals surface area contributed by atoms with Crippen LogP contribution in [0.4, 0.5) is 0 Å². The molecule has 3 heteroatoms. The van der Waals surface area contributed by atoms with Crippen molar-refractivity contribution in [3.05, 3.63) is 0 Å². The first-order chi connectivity index (χ1) is 3.00. The minimum atomic E-state index is 0. The molecule has 0 bridgehead atoms. The molecule has 0 amide bonds. The predicted octanol–water partition coefficient (Wildman–Crippen LogP) is 2.18. The average Bonchev–Trinajstić information content (AvgIpc) is 1.72. The third-order valence-electron chi connectivity index (χ3n) is 0.500. The summed E-state index contributed by atoms with van der Waals surface area (Å²) in [6.45, 7) is 0. The minimum Gasteiger partial charge on any atom is -0.140 e. The zero-order valence-electron chi connectivity index (χ0n) is 4.35. The fraction of sp³-hybridized carbons (Fsp3) is 1.00. The van der Waals surface area contributed by atoms with Crippen LogP contribution in [-0.2, 0) is 0 Å². The van der Waals surface area contributed by atoms with Gasteiger partial charge in [-0.3, -0.25) is 0 Å². The molecule has 1 fully saturated rings. The van der Waals surface area contributed by atoms with E-state index in [-0.39, 0.29) is 1.43 Å². The Morgan fingerprint density at radius 1 is 0.833 bits per heavy atom. The SMILES string of the molecule is C1SCSCS1.[H+]. The minimum absolute atomic E-state index is 0. The summed E-state index contributed by atoms with van der Waals surface area (Å²) in [6.07, 6.45) is 0. The van der Waals surface area contributed by atoms with Crippen molar-refractivity contribution in [1.29, 1.82) is 0 Å². The lowest BCUT2D eigenvalue weighted by Crippen LogP contribution is -1.82. The maximum absolute atomic E-state index is 2.02. The molecule has 1 aliphatic rings. The summed E-state index contributed by atoms with van der Waals surface area (Å²) in [6, 6.07) is 0. The zero-order valence-corrected chi connectivity index (χ0v) is 5.80. The van der Waals surface area contributed by atoms with Crippen molar-refractivity contribution in [2.75, 3.05) is 15.3 Å². The smallest absolute Gasteiger partial charge is 0.140 e. The standard InChI is InChI=1S/C3H6S3/c1-4-2-6-3-5-1/h1-3H2/p+1. The lowest BCUT2D eigenvalue weighted by Gasteiger charge is -2.05. The van der Waals surface area contributed by atoms with Crippen LogP contribution in [0.25, 0.3) is 0 Å². The largest absolute Gasteiger partial charge is 1.00 e. The van der Waals surface area contributed by atoms with Crippen molar-refractivity contribution >= 4 is 35.3 Å². The monoisotopic (exact) mass is 139 g/mol. The van der Waals surface area contributed by atoms with Gasteiger partial charge in [-0.2, -0.15) is 0 Å². The van der Waals surface area contributed by atoms with E-state index in [1.165, 1.54) is 15.3 Å². The van der Waals surface area contributed by atoms with E-state index in [0.717, 1.165) is 0 Å². The summed E-state index contributed by atoms with van der Waals surface area (Å²) >= 11 is 6.06. The summed E-state index contributed by atoms with van der Waals surface area (Å²) in [5.41, 5.74) is 0. The number of thioether (sulfide) groups is 3. The lowest BCUT2D eigenvalue weighted by molar-refractivity contribution is 2.03. The van der Waals surface area contributed by atoms with Crippen LogP contribution in [0.5, 0.6) is 0 Å². The summed E-state index contributed by atoms with van der Waals surface area (Å²) in [7, 11) is 0. The van der Waals surface area contributed by atoms with Gasteiger partial charge >= 0.3 is 1.43 Å². The maximum Gasteiger partial charge on any atom is 1.00 e. The first-order valence-electron chi connectivity index (χ1n) is 1.73. The van der Waals surface area contributed by atoms with Crippen molar-refractivity contribution in [2.45, 2.75) is 0 Å². The number of hydrogen-bond donors (Lipinski definition) is 0. The van der Waals surface area contributed by atoms with Crippen LogP contribution in [0.15, 0.2) is 0 Å². The summed E-state index contributed by atoms with van der Waals surface area (Å²) < 4.78 is 0. The molecule has 0 saturated carbocycles. The van der Waals surface area contributed by atoms with Gasteiger partial charge in [0.25, 0.3) is 0 Å². The predicted molar refractivity (Wildman–Crippen MR) is 38.5 cm³/mol. The summed E-state index contributed by atoms with van der Waals surface area (Å²) in [4.78, 5) is 0. The lowest BCUT2D eigenvalue weighted by atomic mass is 11.8. The highest BCUT2D eigenvalue weighted by atomic mass is 32.3. The van der Waals surface area contributed by atoms with Gasteiger partial charge in [-0.15, -0.1) is 35.3 Å². The molecule has 1 aliphatic heterocycles. The third-order valence-corrected chi connectivity index (χ3v) is 4.50. The van der Waals surface area contributed by atoms with Crippen molar-refractivity contribution < 1.29 is 1.43 Å². The Morgan fingerprint density at radius 3 is 1.33 bits per heavy atom. The Balaban J connectivity index is 0.000000360. The Kier molecular flexibility index (Phi) is 2.69. The third kappa shape index (κ3) is 1.67. The normalized spacial score (nSPS) is 24.0. The van der Waals surface area contributed by atoms with E-state index >= 15 is 0 Å². The van der Waals surface area contributed by atoms with Gasteiger partial charge < -0.3 is 0 Å². The fourth-order valence-corrected chi connectivity index (χ4v) is 4.35. The zero-order chi connectivity index (χ0) is 4.24. The molecule has 0 radical (unpaired) electrons. The quantitative estimate of drug-likeness (QED) is 0.505. The Bertz CT molecular complexity index is 25.7. The van der Waals surface area contributed by atoms with E-state index in [9.17, 15) is 0 Å². The molecular weight excluding hydrogens is 132 g/mol. The van der Waals surface area contributed by atoms with E-state index < -0.39 is 0 Å². The maximum atomic E-state index is 2.02. The van der Waals surface area contributed by atoms with E-state index in [4.69, 9.17) is 0 Å². The van der Waals surface area contributed by atoms with Crippen LogP contribution in [0, 0.1) is 0 Å². The van der Waals surface area contributed by atoms with Gasteiger partial charge in [0.1, 0.15) is 0 Å². The van der Waals surface area contributed by atoms with Gasteiger partial charge in [-0.05, 0) is 0 Å². The summed E-state index contributed by atoms with van der Waals surface area (Å²) in [5.74, 6) is 0. The molecule has 0 N–H and O–H groups in total. The second kappa shape index (κ2) is 3.10. The van der Waals surface area contributed by atoms with Crippen LogP contribution in [-0.4, -0.2) is 15.3 Å². The van der Waals surface area contributed by atoms with Crippen LogP contribution < -0.4 is 0 Å². The molecule has 0 aromatic carbocycles. The van der Waals surface area contributed by atoms with Gasteiger partial charge in [0.15, 0.2) is 0 Å². The van der Waals surface area contributed by atoms with Gasteiger partial charge in [-0.1, -0.05) is 0 Å². The first kappa shape index (κ1) is 5.19. The first-order valence-corrected chi connectivity index (χ1v) is 5.20. The van der Waals surface area contributed by atoms with Crippen molar-refractivity contribution in [1.82, 2.24) is 0 Å². The van der Waals surface area contributed by atoms with Crippen molar-refractivity contribution in [3.63, 3.8) is 0 Å². The van der Waals surface area contributed by atoms with Crippen LogP contribution in [0.3, 0.4) is 0 Å². The molecule has 0 unspecified atom stereocenters. The van der Waals surface area contributed by atoms with Crippen molar-refractivity contribution in [3.8, 4) is 0 Å². The summed E-state index contributed by atoms with van der Waals surface area (Å²) in [5, 5.41) is 3.94. The highest BCUT2D eigenvalue weighted by molar-refractivity contribution is 8.31. The van der Waals surface area contributed by atoms with E-state index in [1.807, 2.05) is 35.3 Å². The average molecular weight is 139 g/mol. The Labute approximate surface area is 52.3 Å². The molecule has 1 saturated heterocycles. The molecule has 0 aromatic rings. The molecule has 0 aliphatic carbocycles. The molecule has 0 aromatic heterocycles. The van der Waals surface area contributed by atoms with Crippen LogP contribution in [0.1, 0.15) is 1.43 Å². The van der Waals surface area contributed by atoms with Gasteiger partial charge in [0.2, 0.25) is 0 Å². The van der Waals surface area contributed by atoms with Gasteiger partial charge in [-0.25, -0.2) is 0 Å².